The molecule has 76 valence electrons. The van der Waals surface area contributed by atoms with Crippen LogP contribution >= 0.6 is 0 Å². The second-order valence-electron chi connectivity index (χ2n) is 3.58. The van der Waals surface area contributed by atoms with E-state index in [1.165, 1.54) is 0 Å². The predicted molar refractivity (Wildman–Crippen MR) is 52.6 cm³/mol. The number of rotatable bonds is 2. The summed E-state index contributed by atoms with van der Waals surface area (Å²) in [4.78, 5) is 19.0. The molecule has 0 aliphatic carbocycles. The lowest BCUT2D eigenvalue weighted by atomic mass is 9.99. The van der Waals surface area contributed by atoms with Crippen molar-refractivity contribution < 1.29 is 9.90 Å². The van der Waals surface area contributed by atoms with E-state index in [0.29, 0.717) is 5.82 Å². The fourth-order valence-electron chi connectivity index (χ4n) is 1.58. The Morgan fingerprint density at radius 1 is 1.29 bits per heavy atom. The van der Waals surface area contributed by atoms with Crippen molar-refractivity contribution in [1.82, 2.24) is 9.97 Å². The number of aromatic nitrogens is 2. The Bertz CT molecular complexity index is 373. The van der Waals surface area contributed by atoms with Crippen LogP contribution in [0, 0.1) is 13.8 Å². The van der Waals surface area contributed by atoms with E-state index in [0.717, 1.165) is 11.3 Å². The van der Waals surface area contributed by atoms with E-state index in [2.05, 4.69) is 9.97 Å². The highest BCUT2D eigenvalue weighted by atomic mass is 16.4. The average Bonchev–Trinajstić information content (AvgIpc) is 2.01. The Balaban J connectivity index is 3.44. The summed E-state index contributed by atoms with van der Waals surface area (Å²) in [5, 5.41) is 8.97. The molecule has 1 heterocycles. The quantitative estimate of drug-likeness (QED) is 0.781. The van der Waals surface area contributed by atoms with Crippen LogP contribution < -0.4 is 0 Å². The van der Waals surface area contributed by atoms with Gasteiger partial charge in [-0.2, -0.15) is 0 Å². The van der Waals surface area contributed by atoms with Gasteiger partial charge in [-0.3, -0.25) is 0 Å². The Kier molecular flexibility index (Phi) is 2.84. The van der Waals surface area contributed by atoms with E-state index in [1.54, 1.807) is 6.92 Å². The molecule has 0 aliphatic heterocycles. The normalized spacial score (nSPS) is 10.6. The molecular weight excluding hydrogens is 180 g/mol. The third-order valence-corrected chi connectivity index (χ3v) is 2.03. The number of aryl methyl sites for hydroxylation is 2. The minimum atomic E-state index is -0.984. The van der Waals surface area contributed by atoms with Crippen LogP contribution in [-0.2, 0) is 0 Å². The molecule has 4 nitrogen and oxygen atoms in total. The van der Waals surface area contributed by atoms with Gasteiger partial charge in [-0.15, -0.1) is 0 Å². The number of hydrogen-bond donors (Lipinski definition) is 1. The van der Waals surface area contributed by atoms with Crippen molar-refractivity contribution >= 4 is 5.97 Å². The maximum atomic E-state index is 10.9. The van der Waals surface area contributed by atoms with Crippen LogP contribution in [0.3, 0.4) is 0 Å². The highest BCUT2D eigenvalue weighted by molar-refractivity contribution is 5.87. The molecular formula is C10H14N2O2. The molecule has 14 heavy (non-hydrogen) atoms. The minimum absolute atomic E-state index is 0.127. The van der Waals surface area contributed by atoms with Crippen LogP contribution in [0.2, 0.25) is 0 Å². The van der Waals surface area contributed by atoms with E-state index in [4.69, 9.17) is 5.11 Å². The number of carboxylic acids is 1. The highest BCUT2D eigenvalue weighted by Gasteiger charge is 2.18. The van der Waals surface area contributed by atoms with Crippen molar-refractivity contribution in [2.75, 3.05) is 0 Å². The Morgan fingerprint density at radius 3 is 2.29 bits per heavy atom. The van der Waals surface area contributed by atoms with Gasteiger partial charge in [0, 0.05) is 11.3 Å². The van der Waals surface area contributed by atoms with Crippen molar-refractivity contribution in [1.29, 1.82) is 0 Å². The number of hydrogen-bond acceptors (Lipinski definition) is 3. The summed E-state index contributed by atoms with van der Waals surface area (Å²) >= 11 is 0. The first-order valence-electron chi connectivity index (χ1n) is 4.52. The van der Waals surface area contributed by atoms with Crippen LogP contribution in [0.25, 0.3) is 0 Å². The van der Waals surface area contributed by atoms with Gasteiger partial charge in [0.2, 0.25) is 0 Å². The number of carbonyl (C=O) groups is 1. The third-order valence-electron chi connectivity index (χ3n) is 2.03. The van der Waals surface area contributed by atoms with Crippen molar-refractivity contribution in [2.45, 2.75) is 33.6 Å². The summed E-state index contributed by atoms with van der Waals surface area (Å²) in [6.45, 7) is 7.39. The van der Waals surface area contributed by atoms with Crippen molar-refractivity contribution in [3.8, 4) is 0 Å². The standard InChI is InChI=1S/C10H14N2O2/c1-5(2)8-6(3)11-7(4)12-9(8)10(13)14/h5H,1-4H3,(H,13,14). The molecule has 1 N–H and O–H groups in total. The van der Waals surface area contributed by atoms with Crippen LogP contribution in [0.15, 0.2) is 0 Å². The molecule has 1 rings (SSSR count). The van der Waals surface area contributed by atoms with Crippen molar-refractivity contribution in [3.63, 3.8) is 0 Å². The van der Waals surface area contributed by atoms with Crippen LogP contribution in [-0.4, -0.2) is 21.0 Å². The van der Waals surface area contributed by atoms with Gasteiger partial charge < -0.3 is 5.11 Å². The summed E-state index contributed by atoms with van der Waals surface area (Å²) in [6, 6.07) is 0. The molecule has 0 atom stereocenters. The van der Waals surface area contributed by atoms with Gasteiger partial charge >= 0.3 is 5.97 Å². The van der Waals surface area contributed by atoms with Crippen LogP contribution in [0.5, 0.6) is 0 Å². The zero-order valence-electron chi connectivity index (χ0n) is 8.83. The van der Waals surface area contributed by atoms with E-state index < -0.39 is 5.97 Å². The van der Waals surface area contributed by atoms with Gasteiger partial charge in [-0.1, -0.05) is 13.8 Å². The summed E-state index contributed by atoms with van der Waals surface area (Å²) in [6.07, 6.45) is 0. The van der Waals surface area contributed by atoms with Gasteiger partial charge in [0.1, 0.15) is 5.82 Å². The zero-order chi connectivity index (χ0) is 10.9. The molecule has 0 spiro atoms. The largest absolute Gasteiger partial charge is 0.476 e. The first-order chi connectivity index (χ1) is 6.43. The fraction of sp³-hybridized carbons (Fsp3) is 0.500. The second-order valence-corrected chi connectivity index (χ2v) is 3.58. The zero-order valence-corrected chi connectivity index (χ0v) is 8.83. The molecule has 1 aromatic heterocycles. The Labute approximate surface area is 83.0 Å². The number of nitrogens with zero attached hydrogens (tertiary/aromatic N) is 2. The molecule has 0 radical (unpaired) electrons. The molecule has 0 fully saturated rings. The van der Waals surface area contributed by atoms with Gasteiger partial charge in [-0.25, -0.2) is 14.8 Å². The molecule has 1 aromatic rings. The molecule has 0 saturated heterocycles. The lowest BCUT2D eigenvalue weighted by molar-refractivity contribution is 0.0688. The van der Waals surface area contributed by atoms with E-state index >= 15 is 0 Å². The molecule has 0 bridgehead atoms. The van der Waals surface area contributed by atoms with Crippen molar-refractivity contribution in [3.05, 3.63) is 22.8 Å². The Morgan fingerprint density at radius 2 is 1.86 bits per heavy atom. The summed E-state index contributed by atoms with van der Waals surface area (Å²) in [5.74, 6) is -0.353. The van der Waals surface area contributed by atoms with E-state index in [9.17, 15) is 4.79 Å². The first kappa shape index (κ1) is 10.6. The van der Waals surface area contributed by atoms with E-state index in [-0.39, 0.29) is 11.6 Å². The molecule has 0 unspecified atom stereocenters. The maximum absolute atomic E-state index is 10.9. The van der Waals surface area contributed by atoms with Gasteiger partial charge in [0.25, 0.3) is 0 Å². The average molecular weight is 194 g/mol. The second kappa shape index (κ2) is 3.74. The third kappa shape index (κ3) is 1.89. The highest BCUT2D eigenvalue weighted by Crippen LogP contribution is 2.20. The molecule has 4 heteroatoms. The summed E-state index contributed by atoms with van der Waals surface area (Å²) < 4.78 is 0. The van der Waals surface area contributed by atoms with Gasteiger partial charge in [-0.05, 0) is 19.8 Å². The van der Waals surface area contributed by atoms with Gasteiger partial charge in [0.15, 0.2) is 5.69 Å². The number of aromatic carboxylic acids is 1. The van der Waals surface area contributed by atoms with Crippen molar-refractivity contribution in [2.24, 2.45) is 0 Å². The summed E-state index contributed by atoms with van der Waals surface area (Å²) in [7, 11) is 0. The molecule has 0 aromatic carbocycles. The Hall–Kier alpha value is -1.45. The molecule has 0 amide bonds. The smallest absolute Gasteiger partial charge is 0.354 e. The predicted octanol–water partition coefficient (Wildman–Crippen LogP) is 1.92. The first-order valence-corrected chi connectivity index (χ1v) is 4.52. The minimum Gasteiger partial charge on any atom is -0.476 e. The number of carboxylic acid groups (broad SMARTS) is 1. The van der Waals surface area contributed by atoms with Crippen LogP contribution in [0.1, 0.15) is 47.3 Å². The summed E-state index contributed by atoms with van der Waals surface area (Å²) in [5.41, 5.74) is 1.61. The molecule has 0 aliphatic rings. The topological polar surface area (TPSA) is 63.1 Å². The van der Waals surface area contributed by atoms with Crippen LogP contribution in [0.4, 0.5) is 0 Å². The SMILES string of the molecule is Cc1nc(C)c(C(C)C)c(C(=O)O)n1. The molecule has 0 saturated carbocycles. The monoisotopic (exact) mass is 194 g/mol. The van der Waals surface area contributed by atoms with E-state index in [1.807, 2.05) is 20.8 Å². The fourth-order valence-corrected chi connectivity index (χ4v) is 1.58. The lowest BCUT2D eigenvalue weighted by Gasteiger charge is -2.12. The maximum Gasteiger partial charge on any atom is 0.354 e. The lowest BCUT2D eigenvalue weighted by Crippen LogP contribution is -2.12. The van der Waals surface area contributed by atoms with Gasteiger partial charge in [0.05, 0.1) is 0 Å².